The summed E-state index contributed by atoms with van der Waals surface area (Å²) in [6.07, 6.45) is 8.27. The molecule has 1 fully saturated rings. The molecule has 3 rings (SSSR count). The highest BCUT2D eigenvalue weighted by Crippen LogP contribution is 2.26. The quantitative estimate of drug-likeness (QED) is 0.570. The van der Waals surface area contributed by atoms with Gasteiger partial charge in [-0.25, -0.2) is 0 Å². The summed E-state index contributed by atoms with van der Waals surface area (Å²) >= 11 is 0. The van der Waals surface area contributed by atoms with Gasteiger partial charge in [0.1, 0.15) is 17.6 Å². The van der Waals surface area contributed by atoms with E-state index in [0.717, 1.165) is 36.3 Å². The maximum absolute atomic E-state index is 5.94. The molecule has 2 aromatic carbocycles. The van der Waals surface area contributed by atoms with Crippen molar-refractivity contribution in [3.63, 3.8) is 0 Å². The van der Waals surface area contributed by atoms with Crippen LogP contribution in [0.5, 0.6) is 11.5 Å². The number of hydrogen-bond donors (Lipinski definition) is 1. The summed E-state index contributed by atoms with van der Waals surface area (Å²) < 4.78 is 11.9. The molecule has 0 heterocycles. The second-order valence-corrected chi connectivity index (χ2v) is 7.79. The number of anilines is 1. The molecule has 1 aliphatic carbocycles. The fourth-order valence-electron chi connectivity index (χ4n) is 3.64. The van der Waals surface area contributed by atoms with Crippen LogP contribution >= 0.6 is 0 Å². The molecule has 0 spiro atoms. The van der Waals surface area contributed by atoms with Crippen LogP contribution in [0.15, 0.2) is 48.5 Å². The lowest BCUT2D eigenvalue weighted by molar-refractivity contribution is 0.234. The average Bonchev–Trinajstić information content (AvgIpc) is 2.70. The molecule has 3 heteroatoms. The Hall–Kier alpha value is -2.16. The van der Waals surface area contributed by atoms with E-state index in [1.165, 1.54) is 44.1 Å². The molecule has 0 saturated heterocycles. The van der Waals surface area contributed by atoms with Gasteiger partial charge in [0.2, 0.25) is 0 Å². The van der Waals surface area contributed by atoms with Gasteiger partial charge >= 0.3 is 0 Å². The van der Waals surface area contributed by atoms with Crippen molar-refractivity contribution in [2.75, 3.05) is 18.5 Å². The summed E-state index contributed by atoms with van der Waals surface area (Å²) in [6, 6.07) is 16.4. The molecule has 3 nitrogen and oxygen atoms in total. The molecule has 0 aliphatic heterocycles. The number of rotatable bonds is 9. The van der Waals surface area contributed by atoms with E-state index in [-0.39, 0.29) is 6.10 Å². The van der Waals surface area contributed by atoms with Crippen molar-refractivity contribution in [1.82, 2.24) is 0 Å². The first kappa shape index (κ1) is 19.6. The zero-order valence-electron chi connectivity index (χ0n) is 16.7. The summed E-state index contributed by atoms with van der Waals surface area (Å²) in [5, 5.41) is 3.43. The Balaban J connectivity index is 1.36. The van der Waals surface area contributed by atoms with Crippen molar-refractivity contribution in [3.05, 3.63) is 54.1 Å². The van der Waals surface area contributed by atoms with E-state index in [0.29, 0.717) is 0 Å². The van der Waals surface area contributed by atoms with E-state index in [1.807, 2.05) is 12.1 Å². The topological polar surface area (TPSA) is 30.5 Å². The number of aryl methyl sites for hydroxylation is 1. The smallest absolute Gasteiger partial charge is 0.119 e. The van der Waals surface area contributed by atoms with Crippen LogP contribution in [0, 0.1) is 12.8 Å². The zero-order chi connectivity index (χ0) is 18.9. The Morgan fingerprint density at radius 3 is 2.30 bits per heavy atom. The van der Waals surface area contributed by atoms with E-state index in [2.05, 4.69) is 55.6 Å². The van der Waals surface area contributed by atoms with E-state index in [4.69, 9.17) is 9.47 Å². The van der Waals surface area contributed by atoms with Crippen LogP contribution in [0.4, 0.5) is 5.69 Å². The van der Waals surface area contributed by atoms with Gasteiger partial charge in [-0.15, -0.1) is 0 Å². The summed E-state index contributed by atoms with van der Waals surface area (Å²) in [6.45, 7) is 5.75. The minimum absolute atomic E-state index is 0.0964. The summed E-state index contributed by atoms with van der Waals surface area (Å²) in [4.78, 5) is 0. The molecule has 0 radical (unpaired) electrons. The Labute approximate surface area is 164 Å². The third-order valence-electron chi connectivity index (χ3n) is 5.33. The third kappa shape index (κ3) is 6.82. The second kappa shape index (κ2) is 10.2. The van der Waals surface area contributed by atoms with E-state index in [1.54, 1.807) is 0 Å². The molecule has 1 atom stereocenters. The first-order chi connectivity index (χ1) is 13.2. The number of benzene rings is 2. The van der Waals surface area contributed by atoms with Gasteiger partial charge in [-0.3, -0.25) is 0 Å². The largest absolute Gasteiger partial charge is 0.494 e. The molecule has 0 aromatic heterocycles. The predicted molar refractivity (Wildman–Crippen MR) is 113 cm³/mol. The van der Waals surface area contributed by atoms with Crippen LogP contribution in [0.3, 0.4) is 0 Å². The summed E-state index contributed by atoms with van der Waals surface area (Å²) in [5.41, 5.74) is 2.34. The van der Waals surface area contributed by atoms with Gasteiger partial charge in [-0.1, -0.05) is 49.8 Å². The van der Waals surface area contributed by atoms with E-state index < -0.39 is 0 Å². The molecular weight excluding hydrogens is 334 g/mol. The average molecular weight is 368 g/mol. The molecule has 1 N–H and O–H groups in total. The van der Waals surface area contributed by atoms with Gasteiger partial charge in [-0.2, -0.15) is 0 Å². The normalized spacial score (nSPS) is 15.9. The molecule has 0 amide bonds. The lowest BCUT2D eigenvalue weighted by Crippen LogP contribution is -2.22. The van der Waals surface area contributed by atoms with Crippen LogP contribution in [0.1, 0.15) is 51.0 Å². The number of ether oxygens (including phenoxy) is 2. The first-order valence-electron chi connectivity index (χ1n) is 10.4. The van der Waals surface area contributed by atoms with Crippen molar-refractivity contribution in [3.8, 4) is 11.5 Å². The monoisotopic (exact) mass is 367 g/mol. The zero-order valence-corrected chi connectivity index (χ0v) is 16.7. The van der Waals surface area contributed by atoms with Crippen LogP contribution in [0.2, 0.25) is 0 Å². The minimum atomic E-state index is 0.0964. The highest BCUT2D eigenvalue weighted by Gasteiger charge is 2.13. The van der Waals surface area contributed by atoms with Crippen LogP contribution in [-0.4, -0.2) is 19.3 Å². The minimum Gasteiger partial charge on any atom is -0.494 e. The number of nitrogens with one attached hydrogen (secondary N) is 1. The van der Waals surface area contributed by atoms with Crippen molar-refractivity contribution >= 4 is 5.69 Å². The Morgan fingerprint density at radius 1 is 0.926 bits per heavy atom. The van der Waals surface area contributed by atoms with Crippen LogP contribution in [-0.2, 0) is 0 Å². The van der Waals surface area contributed by atoms with Gasteiger partial charge in [-0.05, 0) is 62.6 Å². The second-order valence-electron chi connectivity index (χ2n) is 7.79. The highest BCUT2D eigenvalue weighted by molar-refractivity contribution is 5.46. The first-order valence-corrected chi connectivity index (χ1v) is 10.4. The Bertz CT molecular complexity index is 660. The SMILES string of the molecule is Cc1ccc(OC(C)CNc2ccc(OCCC3CCCCC3)cc2)cc1. The molecule has 2 aromatic rings. The molecule has 27 heavy (non-hydrogen) atoms. The van der Waals surface area contributed by atoms with Gasteiger partial charge in [0.15, 0.2) is 0 Å². The Morgan fingerprint density at radius 2 is 1.59 bits per heavy atom. The fourth-order valence-corrected chi connectivity index (χ4v) is 3.64. The maximum atomic E-state index is 5.94. The molecular formula is C24H33NO2. The van der Waals surface area contributed by atoms with Gasteiger partial charge < -0.3 is 14.8 Å². The molecule has 146 valence electrons. The lowest BCUT2D eigenvalue weighted by atomic mass is 9.87. The molecule has 1 unspecified atom stereocenters. The van der Waals surface area contributed by atoms with Crippen LogP contribution in [0.25, 0.3) is 0 Å². The Kier molecular flexibility index (Phi) is 7.44. The van der Waals surface area contributed by atoms with Gasteiger partial charge in [0, 0.05) is 5.69 Å². The fraction of sp³-hybridized carbons (Fsp3) is 0.500. The van der Waals surface area contributed by atoms with Crippen molar-refractivity contribution in [1.29, 1.82) is 0 Å². The third-order valence-corrected chi connectivity index (χ3v) is 5.33. The van der Waals surface area contributed by atoms with Crippen molar-refractivity contribution < 1.29 is 9.47 Å². The molecule has 1 aliphatic rings. The predicted octanol–water partition coefficient (Wildman–Crippen LogP) is 6.22. The van der Waals surface area contributed by atoms with Gasteiger partial charge in [0.25, 0.3) is 0 Å². The highest BCUT2D eigenvalue weighted by atomic mass is 16.5. The van der Waals surface area contributed by atoms with Crippen molar-refractivity contribution in [2.45, 2.75) is 58.5 Å². The standard InChI is InChI=1S/C24H33NO2/c1-19-8-12-24(13-9-19)27-20(2)18-25-22-10-14-23(15-11-22)26-17-16-21-6-4-3-5-7-21/h8-15,20-21,25H,3-7,16-18H2,1-2H3. The number of hydrogen-bond acceptors (Lipinski definition) is 3. The van der Waals surface area contributed by atoms with Gasteiger partial charge in [0.05, 0.1) is 13.2 Å². The van der Waals surface area contributed by atoms with E-state index in [9.17, 15) is 0 Å². The molecule has 0 bridgehead atoms. The summed E-state index contributed by atoms with van der Waals surface area (Å²) in [5.74, 6) is 2.74. The van der Waals surface area contributed by atoms with Crippen molar-refractivity contribution in [2.24, 2.45) is 5.92 Å². The maximum Gasteiger partial charge on any atom is 0.119 e. The molecule has 1 saturated carbocycles. The van der Waals surface area contributed by atoms with E-state index >= 15 is 0 Å². The summed E-state index contributed by atoms with van der Waals surface area (Å²) in [7, 11) is 0. The lowest BCUT2D eigenvalue weighted by Gasteiger charge is -2.21. The van der Waals surface area contributed by atoms with Crippen LogP contribution < -0.4 is 14.8 Å².